The van der Waals surface area contributed by atoms with Crippen LogP contribution in [0.5, 0.6) is 0 Å². The lowest BCUT2D eigenvalue weighted by atomic mass is 10.1. The highest BCUT2D eigenvalue weighted by molar-refractivity contribution is 7.92. The van der Waals surface area contributed by atoms with Crippen molar-refractivity contribution in [3.05, 3.63) is 23.8 Å². The molecule has 1 atom stereocenters. The Labute approximate surface area is 129 Å². The van der Waals surface area contributed by atoms with E-state index in [1.807, 2.05) is 7.05 Å². The second-order valence-electron chi connectivity index (χ2n) is 4.72. The van der Waals surface area contributed by atoms with Crippen LogP contribution >= 0.6 is 24.0 Å². The van der Waals surface area contributed by atoms with E-state index in [-0.39, 0.29) is 12.4 Å². The zero-order chi connectivity index (χ0) is 13.1. The molecule has 19 heavy (non-hydrogen) atoms. The van der Waals surface area contributed by atoms with Crippen LogP contribution in [0.3, 0.4) is 0 Å². The Morgan fingerprint density at radius 3 is 2.84 bits per heavy atom. The largest absolute Gasteiger partial charge is 0.610 e. The minimum absolute atomic E-state index is 0. The fourth-order valence-electron chi connectivity index (χ4n) is 2.10. The third kappa shape index (κ3) is 4.17. The van der Waals surface area contributed by atoms with Gasteiger partial charge in [0, 0.05) is 37.2 Å². The van der Waals surface area contributed by atoms with Gasteiger partial charge in [-0.3, -0.25) is 0 Å². The molecule has 0 saturated carbocycles. The molecule has 1 aliphatic rings. The van der Waals surface area contributed by atoms with Crippen molar-refractivity contribution in [1.29, 1.82) is 0 Å². The summed E-state index contributed by atoms with van der Waals surface area (Å²) in [6.45, 7) is 1.88. The maximum absolute atomic E-state index is 11.9. The molecule has 0 fully saturated rings. The number of anilines is 1. The molecule has 0 aliphatic carbocycles. The Morgan fingerprint density at radius 2 is 2.16 bits per heavy atom. The predicted molar refractivity (Wildman–Crippen MR) is 85.3 cm³/mol. The molecule has 1 aromatic carbocycles. The fourth-order valence-corrected chi connectivity index (χ4v) is 3.76. The number of alkyl halides is 1. The summed E-state index contributed by atoms with van der Waals surface area (Å²) in [4.78, 5) is 5.24. The van der Waals surface area contributed by atoms with Crippen LogP contribution < -0.4 is 4.90 Å². The van der Waals surface area contributed by atoms with E-state index in [1.54, 1.807) is 0 Å². The van der Waals surface area contributed by atoms with E-state index >= 15 is 0 Å². The lowest BCUT2D eigenvalue weighted by Gasteiger charge is -2.14. The van der Waals surface area contributed by atoms with Crippen molar-refractivity contribution in [2.45, 2.75) is 11.3 Å². The van der Waals surface area contributed by atoms with Crippen LogP contribution in [0.15, 0.2) is 23.1 Å². The minimum Gasteiger partial charge on any atom is -0.610 e. The van der Waals surface area contributed by atoms with Crippen molar-refractivity contribution < 1.29 is 4.55 Å². The molecule has 1 aromatic rings. The zero-order valence-corrected chi connectivity index (χ0v) is 13.7. The van der Waals surface area contributed by atoms with Gasteiger partial charge in [0.15, 0.2) is 10.8 Å². The summed E-state index contributed by atoms with van der Waals surface area (Å²) < 4.78 is 11.9. The highest BCUT2D eigenvalue weighted by Crippen LogP contribution is 2.33. The summed E-state index contributed by atoms with van der Waals surface area (Å²) in [5.41, 5.74) is 2.35. The average Bonchev–Trinajstić information content (AvgIpc) is 2.63. The quantitative estimate of drug-likeness (QED) is 0.615. The number of rotatable bonds is 5. The van der Waals surface area contributed by atoms with Gasteiger partial charge in [0.2, 0.25) is 0 Å². The topological polar surface area (TPSA) is 29.5 Å². The highest BCUT2D eigenvalue weighted by atomic mass is 35.5. The predicted octanol–water partition coefficient (Wildman–Crippen LogP) is 2.34. The summed E-state index contributed by atoms with van der Waals surface area (Å²) in [6, 6.07) is 6.30. The number of likely N-dealkylation sites (N-methyl/N-ethyl adjacent to an activating group) is 1. The van der Waals surface area contributed by atoms with Crippen molar-refractivity contribution >= 4 is 40.9 Å². The van der Waals surface area contributed by atoms with Crippen LogP contribution in [0.1, 0.15) is 5.56 Å². The molecule has 108 valence electrons. The van der Waals surface area contributed by atoms with Gasteiger partial charge in [-0.2, -0.15) is 0 Å². The molecule has 1 heterocycles. The Morgan fingerprint density at radius 1 is 1.42 bits per heavy atom. The number of hydrogen-bond acceptors (Lipinski definition) is 3. The molecule has 1 unspecified atom stereocenters. The van der Waals surface area contributed by atoms with E-state index in [4.69, 9.17) is 11.6 Å². The normalized spacial score (nSPS) is 17.5. The molecule has 1 aliphatic heterocycles. The Bertz CT molecular complexity index is 420. The van der Waals surface area contributed by atoms with Crippen LogP contribution in [0, 0.1) is 0 Å². The first-order chi connectivity index (χ1) is 8.61. The zero-order valence-electron chi connectivity index (χ0n) is 11.3. The molecular formula is C13H20Cl2N2OS. The number of halogens is 2. The van der Waals surface area contributed by atoms with Crippen molar-refractivity contribution in [2.24, 2.45) is 0 Å². The summed E-state index contributed by atoms with van der Waals surface area (Å²) in [5.74, 6) is 1.28. The third-order valence-corrected chi connectivity index (χ3v) is 4.85. The van der Waals surface area contributed by atoms with E-state index < -0.39 is 11.2 Å². The van der Waals surface area contributed by atoms with Crippen molar-refractivity contribution in [3.8, 4) is 0 Å². The first-order valence-corrected chi connectivity index (χ1v) is 7.94. The van der Waals surface area contributed by atoms with Crippen LogP contribution in [-0.2, 0) is 17.6 Å². The standard InChI is InChI=1S/C13H19ClN2OS.ClH/c1-15(8-6-14)7-5-11-3-4-12-13(9-11)18(17)10-16(12)2;/h3-4,9H,5-8,10H2,1-2H3;1H. The van der Waals surface area contributed by atoms with Crippen LogP contribution in [0.2, 0.25) is 0 Å². The smallest absolute Gasteiger partial charge is 0.183 e. The maximum Gasteiger partial charge on any atom is 0.183 e. The molecule has 0 amide bonds. The highest BCUT2D eigenvalue weighted by Gasteiger charge is 2.28. The van der Waals surface area contributed by atoms with Crippen LogP contribution in [-0.4, -0.2) is 48.4 Å². The number of benzene rings is 1. The van der Waals surface area contributed by atoms with Crippen LogP contribution in [0.25, 0.3) is 0 Å². The van der Waals surface area contributed by atoms with E-state index in [9.17, 15) is 4.55 Å². The van der Waals surface area contributed by atoms with Crippen molar-refractivity contribution in [3.63, 3.8) is 0 Å². The molecule has 0 bridgehead atoms. The Kier molecular flexibility index (Phi) is 6.77. The molecule has 0 aromatic heterocycles. The minimum atomic E-state index is -0.865. The third-order valence-electron chi connectivity index (χ3n) is 3.24. The molecule has 2 rings (SSSR count). The summed E-state index contributed by atoms with van der Waals surface area (Å²) in [6.07, 6.45) is 0.974. The fraction of sp³-hybridized carbons (Fsp3) is 0.538. The molecule has 6 heteroatoms. The summed E-state index contributed by atoms with van der Waals surface area (Å²) >= 11 is 4.84. The van der Waals surface area contributed by atoms with Crippen molar-refractivity contribution in [1.82, 2.24) is 4.90 Å². The average molecular weight is 323 g/mol. The monoisotopic (exact) mass is 322 g/mol. The van der Waals surface area contributed by atoms with Gasteiger partial charge in [0.1, 0.15) is 0 Å². The van der Waals surface area contributed by atoms with Gasteiger partial charge < -0.3 is 14.4 Å². The number of fused-ring (bicyclic) bond motifs is 1. The Balaban J connectivity index is 0.00000180. The van der Waals surface area contributed by atoms with Gasteiger partial charge in [0.05, 0.1) is 5.69 Å². The molecule has 3 nitrogen and oxygen atoms in total. The van der Waals surface area contributed by atoms with Gasteiger partial charge in [-0.05, 0) is 31.2 Å². The van der Waals surface area contributed by atoms with Gasteiger partial charge >= 0.3 is 0 Å². The van der Waals surface area contributed by atoms with Gasteiger partial charge in [-0.15, -0.1) is 24.0 Å². The number of hydrogen-bond donors (Lipinski definition) is 0. The summed E-state index contributed by atoms with van der Waals surface area (Å²) in [5, 5.41) is 0. The van der Waals surface area contributed by atoms with E-state index in [0.717, 1.165) is 30.1 Å². The number of nitrogens with zero attached hydrogens (tertiary/aromatic N) is 2. The van der Waals surface area contributed by atoms with Crippen LogP contribution in [0.4, 0.5) is 5.69 Å². The second kappa shape index (κ2) is 7.60. The summed E-state index contributed by atoms with van der Waals surface area (Å²) in [7, 11) is 4.05. The van der Waals surface area contributed by atoms with E-state index in [0.29, 0.717) is 11.8 Å². The Hall–Kier alpha value is -0.130. The maximum atomic E-state index is 11.9. The molecule has 0 saturated heterocycles. The lowest BCUT2D eigenvalue weighted by molar-refractivity contribution is 0.359. The van der Waals surface area contributed by atoms with Gasteiger partial charge in [0.25, 0.3) is 0 Å². The van der Waals surface area contributed by atoms with E-state index in [2.05, 4.69) is 35.0 Å². The molecule has 0 spiro atoms. The van der Waals surface area contributed by atoms with Gasteiger partial charge in [-0.25, -0.2) is 0 Å². The molecule has 0 N–H and O–H groups in total. The second-order valence-corrected chi connectivity index (χ2v) is 6.48. The van der Waals surface area contributed by atoms with Gasteiger partial charge in [-0.1, -0.05) is 6.07 Å². The van der Waals surface area contributed by atoms with Crippen molar-refractivity contribution in [2.75, 3.05) is 43.8 Å². The SMILES string of the molecule is CN(CCCl)CCc1ccc2c(c1)[S+]([O-])CN2C.Cl. The molecule has 0 radical (unpaired) electrons. The van der Waals surface area contributed by atoms with E-state index in [1.165, 1.54) is 5.56 Å². The molecular weight excluding hydrogens is 303 g/mol. The lowest BCUT2D eigenvalue weighted by Crippen LogP contribution is -2.23. The first-order valence-electron chi connectivity index (χ1n) is 6.09. The first kappa shape index (κ1) is 16.9.